The van der Waals surface area contributed by atoms with Gasteiger partial charge in [-0.1, -0.05) is 257 Å². The number of carbonyl (C=O) groups excluding carboxylic acids is 3. The van der Waals surface area contributed by atoms with Crippen molar-refractivity contribution in [1.82, 2.24) is 0 Å². The van der Waals surface area contributed by atoms with Gasteiger partial charge in [0.1, 0.15) is 13.2 Å². The average molecular weight is 1130 g/mol. The quantitative estimate of drug-likeness (QED) is 0.0195. The summed E-state index contributed by atoms with van der Waals surface area (Å²) in [6.45, 7) is 4.62. The maximum Gasteiger partial charge on any atom is 0.306 e. The highest BCUT2D eigenvalue weighted by atomic mass is 16.7. The fourth-order valence-electron chi connectivity index (χ4n) is 8.70. The Kier molecular flexibility index (Phi) is 58.5. The van der Waals surface area contributed by atoms with Crippen molar-refractivity contribution in [2.75, 3.05) is 47.5 Å². The summed E-state index contributed by atoms with van der Waals surface area (Å²) in [5, 5.41) is 11.8. The number of esters is 2. The van der Waals surface area contributed by atoms with Crippen LogP contribution in [0.2, 0.25) is 0 Å². The summed E-state index contributed by atoms with van der Waals surface area (Å²) < 4.78 is 22.7. The SMILES string of the molecule is CC/C=C\C/C=C\C/C=C\C/C=C\C/C=C\C/C=C\C/C=C\C/C=C\C/C=C\CCCCCCCCCC(=O)OC(COC(=O)CCCCCCCCCCC/C=C\CCCCCCCCCC)COC(OCC[N+](C)(C)C)C(=O)[O-]. The number of rotatable bonds is 59. The van der Waals surface area contributed by atoms with E-state index in [-0.39, 0.29) is 38.6 Å². The summed E-state index contributed by atoms with van der Waals surface area (Å²) in [6.07, 6.45) is 84.0. The van der Waals surface area contributed by atoms with Crippen molar-refractivity contribution < 1.29 is 42.9 Å². The average Bonchev–Trinajstić information content (AvgIpc) is 3.44. The molecular formula is C72H121NO8. The van der Waals surface area contributed by atoms with Crippen LogP contribution in [0.3, 0.4) is 0 Å². The van der Waals surface area contributed by atoms with E-state index in [0.717, 1.165) is 103 Å². The Morgan fingerprint density at radius 1 is 0.383 bits per heavy atom. The van der Waals surface area contributed by atoms with Crippen molar-refractivity contribution in [2.24, 2.45) is 0 Å². The molecule has 0 aromatic heterocycles. The third kappa shape index (κ3) is 63.1. The minimum Gasteiger partial charge on any atom is -0.545 e. The molecule has 0 N–H and O–H groups in total. The lowest BCUT2D eigenvalue weighted by Crippen LogP contribution is -2.44. The van der Waals surface area contributed by atoms with Crippen LogP contribution >= 0.6 is 0 Å². The molecule has 81 heavy (non-hydrogen) atoms. The molecule has 0 bridgehead atoms. The Hall–Kier alpha value is -4.31. The van der Waals surface area contributed by atoms with E-state index in [9.17, 15) is 19.5 Å². The number of unbranched alkanes of at least 4 members (excludes halogenated alkanes) is 24. The highest BCUT2D eigenvalue weighted by Gasteiger charge is 2.22. The number of nitrogens with zero attached hydrogens (tertiary/aromatic N) is 1. The first-order valence-electron chi connectivity index (χ1n) is 32.7. The van der Waals surface area contributed by atoms with E-state index in [1.165, 1.54) is 122 Å². The van der Waals surface area contributed by atoms with Crippen molar-refractivity contribution in [3.05, 3.63) is 122 Å². The number of allylic oxidation sites excluding steroid dienone is 20. The lowest BCUT2D eigenvalue weighted by molar-refractivity contribution is -0.870. The number of carboxylic acids is 1. The molecule has 0 spiro atoms. The van der Waals surface area contributed by atoms with Crippen LogP contribution in [0, 0.1) is 0 Å². The maximum absolute atomic E-state index is 12.9. The molecule has 0 aromatic carbocycles. The first-order chi connectivity index (χ1) is 39.6. The molecule has 0 fully saturated rings. The summed E-state index contributed by atoms with van der Waals surface area (Å²) >= 11 is 0. The number of hydrogen-bond donors (Lipinski definition) is 0. The largest absolute Gasteiger partial charge is 0.545 e. The molecule has 9 nitrogen and oxygen atoms in total. The van der Waals surface area contributed by atoms with Crippen molar-refractivity contribution in [3.63, 3.8) is 0 Å². The predicted molar refractivity (Wildman–Crippen MR) is 343 cm³/mol. The van der Waals surface area contributed by atoms with Gasteiger partial charge in [-0.2, -0.15) is 0 Å². The summed E-state index contributed by atoms with van der Waals surface area (Å²) in [4.78, 5) is 37.4. The topological polar surface area (TPSA) is 111 Å². The van der Waals surface area contributed by atoms with Gasteiger partial charge in [0.2, 0.25) is 0 Å². The number of carboxylic acid groups (broad SMARTS) is 1. The fourth-order valence-corrected chi connectivity index (χ4v) is 8.70. The highest BCUT2D eigenvalue weighted by Crippen LogP contribution is 2.15. The fraction of sp³-hybridized carbons (Fsp3) is 0.681. The van der Waals surface area contributed by atoms with Crippen LogP contribution in [0.1, 0.15) is 258 Å². The number of quaternary nitrogens is 1. The van der Waals surface area contributed by atoms with Gasteiger partial charge in [-0.05, 0) is 109 Å². The minimum atomic E-state index is -1.63. The van der Waals surface area contributed by atoms with Gasteiger partial charge in [-0.25, -0.2) is 0 Å². The van der Waals surface area contributed by atoms with E-state index in [4.69, 9.17) is 18.9 Å². The molecular weight excluding hydrogens is 1010 g/mol. The van der Waals surface area contributed by atoms with Gasteiger partial charge in [-0.3, -0.25) is 9.59 Å². The van der Waals surface area contributed by atoms with Crippen LogP contribution in [-0.2, 0) is 33.3 Å². The van der Waals surface area contributed by atoms with Crippen molar-refractivity contribution >= 4 is 17.9 Å². The molecule has 462 valence electrons. The molecule has 0 heterocycles. The maximum atomic E-state index is 12.9. The van der Waals surface area contributed by atoms with Gasteiger partial charge in [0.15, 0.2) is 12.4 Å². The molecule has 0 radical (unpaired) electrons. The van der Waals surface area contributed by atoms with Gasteiger partial charge in [0, 0.05) is 12.8 Å². The Morgan fingerprint density at radius 3 is 1.06 bits per heavy atom. The predicted octanol–water partition coefficient (Wildman–Crippen LogP) is 18.7. The number of hydrogen-bond acceptors (Lipinski definition) is 8. The van der Waals surface area contributed by atoms with Crippen LogP contribution in [-0.4, -0.2) is 82.3 Å². The monoisotopic (exact) mass is 1130 g/mol. The van der Waals surface area contributed by atoms with Crippen molar-refractivity contribution in [3.8, 4) is 0 Å². The van der Waals surface area contributed by atoms with Gasteiger partial charge < -0.3 is 33.3 Å². The first-order valence-corrected chi connectivity index (χ1v) is 32.7. The van der Waals surface area contributed by atoms with Gasteiger partial charge in [0.25, 0.3) is 0 Å². The second-order valence-electron chi connectivity index (χ2n) is 22.7. The van der Waals surface area contributed by atoms with E-state index < -0.39 is 24.3 Å². The molecule has 0 aliphatic heterocycles. The third-order valence-electron chi connectivity index (χ3n) is 13.7. The normalized spacial score (nSPS) is 13.5. The molecule has 9 heteroatoms. The molecule has 0 rings (SSSR count). The lowest BCUT2D eigenvalue weighted by atomic mass is 10.1. The van der Waals surface area contributed by atoms with Crippen LogP contribution in [0.4, 0.5) is 0 Å². The Balaban J connectivity index is 4.23. The van der Waals surface area contributed by atoms with Crippen molar-refractivity contribution in [2.45, 2.75) is 270 Å². The van der Waals surface area contributed by atoms with Crippen molar-refractivity contribution in [1.29, 1.82) is 0 Å². The van der Waals surface area contributed by atoms with Crippen LogP contribution in [0.5, 0.6) is 0 Å². The molecule has 0 amide bonds. The molecule has 0 aliphatic carbocycles. The zero-order valence-electron chi connectivity index (χ0n) is 52.6. The molecule has 2 atom stereocenters. The zero-order chi connectivity index (χ0) is 59.1. The molecule has 0 saturated carbocycles. The first kappa shape index (κ1) is 76.7. The molecule has 2 unspecified atom stereocenters. The smallest absolute Gasteiger partial charge is 0.306 e. The molecule has 0 saturated heterocycles. The second-order valence-corrected chi connectivity index (χ2v) is 22.7. The van der Waals surface area contributed by atoms with E-state index in [0.29, 0.717) is 17.4 Å². The van der Waals surface area contributed by atoms with Crippen LogP contribution in [0.15, 0.2) is 122 Å². The van der Waals surface area contributed by atoms with E-state index in [1.807, 2.05) is 21.1 Å². The van der Waals surface area contributed by atoms with Crippen LogP contribution < -0.4 is 5.11 Å². The number of ether oxygens (including phenoxy) is 4. The molecule has 0 aliphatic rings. The number of aliphatic carboxylic acids is 1. The number of carbonyl (C=O) groups is 3. The van der Waals surface area contributed by atoms with E-state index in [2.05, 4.69) is 135 Å². The standard InChI is InChI=1S/C72H121NO8/c1-6-8-10-12-14-16-18-20-22-24-26-28-29-30-31-32-33-34-35-36-37-38-39-40-41-43-45-47-49-51-53-55-57-59-61-63-70(75)81-68(67-80-72(71(76)77)78-65-64-73(3,4)5)66-79-69(74)62-60-58-56-54-52-50-48-46-44-42-27-25-23-21-19-17-15-13-11-9-7-2/h8,10,14,16,20,22,25-28,30-31,33-34,36-37,39-40,43,45,68,72H,6-7,9,11-13,15,17-19,21,23-24,29,32,35,38,41-42,44,46-67H2,1-5H3/b10-8-,16-14-,22-20-,27-25-,28-26-,31-30-,34-33-,37-36-,40-39-,45-43-. The Labute approximate surface area is 497 Å². The summed E-state index contributed by atoms with van der Waals surface area (Å²) in [5.74, 6) is -2.31. The Bertz CT molecular complexity index is 1740. The van der Waals surface area contributed by atoms with Gasteiger partial charge in [-0.15, -0.1) is 0 Å². The summed E-state index contributed by atoms with van der Waals surface area (Å²) in [7, 11) is 5.92. The zero-order valence-corrected chi connectivity index (χ0v) is 52.6. The van der Waals surface area contributed by atoms with Gasteiger partial charge >= 0.3 is 11.9 Å². The third-order valence-corrected chi connectivity index (χ3v) is 13.7. The van der Waals surface area contributed by atoms with Gasteiger partial charge in [0.05, 0.1) is 40.3 Å². The van der Waals surface area contributed by atoms with Crippen LogP contribution in [0.25, 0.3) is 0 Å². The summed E-state index contributed by atoms with van der Waals surface area (Å²) in [6, 6.07) is 0. The minimum absolute atomic E-state index is 0.139. The van der Waals surface area contributed by atoms with E-state index in [1.54, 1.807) is 0 Å². The Morgan fingerprint density at radius 2 is 0.704 bits per heavy atom. The number of likely N-dealkylation sites (N-methyl/N-ethyl adjacent to an activating group) is 1. The second kappa shape index (κ2) is 61.8. The summed E-state index contributed by atoms with van der Waals surface area (Å²) in [5.41, 5.74) is 0. The molecule has 0 aromatic rings. The highest BCUT2D eigenvalue weighted by molar-refractivity contribution is 5.70. The van der Waals surface area contributed by atoms with E-state index >= 15 is 0 Å². The lowest BCUT2D eigenvalue weighted by Gasteiger charge is -2.26.